The summed E-state index contributed by atoms with van der Waals surface area (Å²) in [5, 5.41) is 0.787. The second-order valence-electron chi connectivity index (χ2n) is 6.28. The molecule has 3 aromatic rings. The van der Waals surface area contributed by atoms with E-state index in [1.807, 2.05) is 48.5 Å². The molecule has 0 aliphatic carbocycles. The van der Waals surface area contributed by atoms with Crippen LogP contribution in [0.15, 0.2) is 54.0 Å². The third-order valence-electron chi connectivity index (χ3n) is 4.37. The zero-order valence-electron chi connectivity index (χ0n) is 16.8. The van der Waals surface area contributed by atoms with Crippen molar-refractivity contribution in [2.75, 3.05) is 25.7 Å². The van der Waals surface area contributed by atoms with Crippen molar-refractivity contribution in [2.45, 2.75) is 20.0 Å². The van der Waals surface area contributed by atoms with Gasteiger partial charge in [0.2, 0.25) is 0 Å². The van der Waals surface area contributed by atoms with Crippen LogP contribution >= 0.6 is 11.3 Å². The number of carbonyl (C=O) groups excluding carboxylic acids is 1. The number of ether oxygens (including phenoxy) is 3. The van der Waals surface area contributed by atoms with Gasteiger partial charge in [0.05, 0.1) is 26.3 Å². The number of aromatic nitrogens is 1. The minimum atomic E-state index is -0.404. The van der Waals surface area contributed by atoms with Gasteiger partial charge in [0, 0.05) is 13.1 Å². The average molecular weight is 413 g/mol. The summed E-state index contributed by atoms with van der Waals surface area (Å²) in [4.78, 5) is 18.8. The molecule has 6 nitrogen and oxygen atoms in total. The molecule has 0 bridgehead atoms. The summed E-state index contributed by atoms with van der Waals surface area (Å²) >= 11 is 1.43. The van der Waals surface area contributed by atoms with E-state index in [4.69, 9.17) is 14.2 Å². The Morgan fingerprint density at radius 3 is 1.90 bits per heavy atom. The van der Waals surface area contributed by atoms with Crippen LogP contribution in [0.3, 0.4) is 0 Å². The summed E-state index contributed by atoms with van der Waals surface area (Å²) in [6.07, 6.45) is 0. The molecule has 2 aromatic carbocycles. The summed E-state index contributed by atoms with van der Waals surface area (Å²) in [7, 11) is 3.29. The second-order valence-corrected chi connectivity index (χ2v) is 7.11. The van der Waals surface area contributed by atoms with Gasteiger partial charge in [0.15, 0.2) is 5.69 Å². The lowest BCUT2D eigenvalue weighted by Gasteiger charge is -2.24. The number of nitrogens with zero attached hydrogens (tertiary/aromatic N) is 2. The smallest absolute Gasteiger partial charge is 0.360 e. The van der Waals surface area contributed by atoms with Crippen LogP contribution in [0.1, 0.15) is 28.5 Å². The highest BCUT2D eigenvalue weighted by Crippen LogP contribution is 2.30. The fourth-order valence-electron chi connectivity index (χ4n) is 2.91. The van der Waals surface area contributed by atoms with Gasteiger partial charge in [-0.15, -0.1) is 11.3 Å². The van der Waals surface area contributed by atoms with E-state index in [0.717, 1.165) is 27.6 Å². The van der Waals surface area contributed by atoms with Gasteiger partial charge in [-0.05, 0) is 42.3 Å². The van der Waals surface area contributed by atoms with E-state index in [1.54, 1.807) is 26.7 Å². The van der Waals surface area contributed by atoms with Gasteiger partial charge < -0.3 is 19.1 Å². The van der Waals surface area contributed by atoms with Gasteiger partial charge in [-0.25, -0.2) is 9.78 Å². The molecule has 0 N–H and O–H groups in total. The minimum absolute atomic E-state index is 0.312. The third kappa shape index (κ3) is 5.26. The van der Waals surface area contributed by atoms with Crippen LogP contribution < -0.4 is 14.4 Å². The van der Waals surface area contributed by atoms with Crippen LogP contribution in [-0.4, -0.2) is 31.8 Å². The Morgan fingerprint density at radius 2 is 1.45 bits per heavy atom. The number of hydrogen-bond donors (Lipinski definition) is 0. The van der Waals surface area contributed by atoms with Crippen molar-refractivity contribution in [3.63, 3.8) is 0 Å². The van der Waals surface area contributed by atoms with E-state index in [9.17, 15) is 4.79 Å². The van der Waals surface area contributed by atoms with Crippen LogP contribution in [0.4, 0.5) is 5.00 Å². The fraction of sp³-hybridized carbons (Fsp3) is 0.273. The number of hydrogen-bond acceptors (Lipinski definition) is 7. The van der Waals surface area contributed by atoms with Crippen LogP contribution in [0.2, 0.25) is 0 Å². The van der Waals surface area contributed by atoms with E-state index >= 15 is 0 Å². The molecule has 0 saturated carbocycles. The van der Waals surface area contributed by atoms with Crippen LogP contribution in [0, 0.1) is 0 Å². The maximum atomic E-state index is 12.4. The highest BCUT2D eigenvalue weighted by molar-refractivity contribution is 7.14. The number of benzene rings is 2. The Bertz CT molecular complexity index is 873. The zero-order valence-corrected chi connectivity index (χ0v) is 17.6. The van der Waals surface area contributed by atoms with Crippen molar-refractivity contribution >= 4 is 22.3 Å². The highest BCUT2D eigenvalue weighted by atomic mass is 32.1. The normalized spacial score (nSPS) is 10.4. The molecule has 0 fully saturated rings. The lowest BCUT2D eigenvalue weighted by molar-refractivity contribution is 0.0521. The third-order valence-corrected chi connectivity index (χ3v) is 5.26. The number of rotatable bonds is 9. The molecule has 29 heavy (non-hydrogen) atoms. The summed E-state index contributed by atoms with van der Waals surface area (Å²) in [6, 6.07) is 15.8. The van der Waals surface area contributed by atoms with Crippen molar-refractivity contribution in [1.29, 1.82) is 0 Å². The summed E-state index contributed by atoms with van der Waals surface area (Å²) in [5.41, 5.74) is 4.22. The topological polar surface area (TPSA) is 60.9 Å². The van der Waals surface area contributed by atoms with Gasteiger partial charge in [-0.2, -0.15) is 0 Å². The molecule has 0 spiro atoms. The summed E-state index contributed by atoms with van der Waals surface area (Å²) in [5.74, 6) is 1.21. The Balaban J connectivity index is 1.90. The molecule has 152 valence electrons. The maximum Gasteiger partial charge on any atom is 0.360 e. The van der Waals surface area contributed by atoms with E-state index in [2.05, 4.69) is 9.88 Å². The number of esters is 1. The van der Waals surface area contributed by atoms with Crippen LogP contribution in [-0.2, 0) is 17.8 Å². The number of carbonyl (C=O) groups is 1. The monoisotopic (exact) mass is 412 g/mol. The molecule has 7 heteroatoms. The number of anilines is 1. The molecule has 0 saturated heterocycles. The highest BCUT2D eigenvalue weighted by Gasteiger charge is 2.22. The molecule has 1 aromatic heterocycles. The first-order valence-electron chi connectivity index (χ1n) is 9.26. The second kappa shape index (κ2) is 9.93. The lowest BCUT2D eigenvalue weighted by Crippen LogP contribution is -2.23. The van der Waals surface area contributed by atoms with Crippen molar-refractivity contribution in [2.24, 2.45) is 0 Å². The van der Waals surface area contributed by atoms with Crippen LogP contribution in [0.25, 0.3) is 0 Å². The zero-order chi connectivity index (χ0) is 20.6. The lowest BCUT2D eigenvalue weighted by atomic mass is 10.1. The van der Waals surface area contributed by atoms with Gasteiger partial charge >= 0.3 is 5.97 Å². The fourth-order valence-corrected chi connectivity index (χ4v) is 3.69. The summed E-state index contributed by atoms with van der Waals surface area (Å²) < 4.78 is 15.7. The average Bonchev–Trinajstić information content (AvgIpc) is 3.24. The van der Waals surface area contributed by atoms with Gasteiger partial charge in [-0.3, -0.25) is 0 Å². The van der Waals surface area contributed by atoms with E-state index in [0.29, 0.717) is 25.4 Å². The molecule has 1 heterocycles. The first-order chi connectivity index (χ1) is 14.1. The Morgan fingerprint density at radius 1 is 0.931 bits per heavy atom. The summed E-state index contributed by atoms with van der Waals surface area (Å²) in [6.45, 7) is 3.33. The van der Waals surface area contributed by atoms with E-state index in [-0.39, 0.29) is 0 Å². The molecular weight excluding hydrogens is 388 g/mol. The molecule has 0 atom stereocenters. The Hall–Kier alpha value is -3.06. The standard InChI is InChI=1S/C22H24N2O4S/c1-4-28-22(25)20-21(29-15-23-20)24(13-16-5-9-18(26-2)10-6-16)14-17-7-11-19(27-3)12-8-17/h5-12,15H,4,13-14H2,1-3H3. The van der Waals surface area contributed by atoms with E-state index < -0.39 is 5.97 Å². The predicted molar refractivity (Wildman–Crippen MR) is 114 cm³/mol. The van der Waals surface area contributed by atoms with Gasteiger partial charge in [0.25, 0.3) is 0 Å². The van der Waals surface area contributed by atoms with Gasteiger partial charge in [0.1, 0.15) is 16.5 Å². The Kier molecular flexibility index (Phi) is 7.08. The number of methoxy groups -OCH3 is 2. The SMILES string of the molecule is CCOC(=O)c1ncsc1N(Cc1ccc(OC)cc1)Cc1ccc(OC)cc1. The molecule has 0 amide bonds. The first-order valence-corrected chi connectivity index (χ1v) is 10.1. The van der Waals surface area contributed by atoms with Crippen molar-refractivity contribution < 1.29 is 19.0 Å². The van der Waals surface area contributed by atoms with Crippen molar-refractivity contribution in [3.8, 4) is 11.5 Å². The largest absolute Gasteiger partial charge is 0.497 e. The Labute approximate surface area is 174 Å². The number of thiazole rings is 1. The maximum absolute atomic E-state index is 12.4. The van der Waals surface area contributed by atoms with Crippen LogP contribution in [0.5, 0.6) is 11.5 Å². The quantitative estimate of drug-likeness (QED) is 0.481. The predicted octanol–water partition coefficient (Wildman–Crippen LogP) is 4.54. The molecule has 0 aliphatic heterocycles. The minimum Gasteiger partial charge on any atom is -0.497 e. The first kappa shape index (κ1) is 20.7. The van der Waals surface area contributed by atoms with E-state index in [1.165, 1.54) is 11.3 Å². The molecule has 3 rings (SSSR count). The van der Waals surface area contributed by atoms with Crippen molar-refractivity contribution in [3.05, 3.63) is 70.9 Å². The molecule has 0 unspecified atom stereocenters. The molecular formula is C22H24N2O4S. The van der Waals surface area contributed by atoms with Gasteiger partial charge in [-0.1, -0.05) is 24.3 Å². The molecule has 0 aliphatic rings. The van der Waals surface area contributed by atoms with Crippen molar-refractivity contribution in [1.82, 2.24) is 4.98 Å². The molecule has 0 radical (unpaired) electrons.